The molecule has 0 bridgehead atoms. The van der Waals surface area contributed by atoms with Crippen molar-refractivity contribution in [3.05, 3.63) is 68.6 Å². The monoisotopic (exact) mass is 429 g/mol. The van der Waals surface area contributed by atoms with Crippen molar-refractivity contribution in [1.29, 1.82) is 0 Å². The third kappa shape index (κ3) is 4.44. The molecule has 8 nitrogen and oxygen atoms in total. The van der Waals surface area contributed by atoms with Gasteiger partial charge in [0, 0.05) is 6.07 Å². The minimum absolute atomic E-state index is 0.109. The van der Waals surface area contributed by atoms with Crippen LogP contribution in [0.25, 0.3) is 6.08 Å². The molecule has 0 unspecified atom stereocenters. The largest absolute Gasteiger partial charge is 0.493 e. The van der Waals surface area contributed by atoms with Crippen LogP contribution in [0.15, 0.2) is 52.5 Å². The summed E-state index contributed by atoms with van der Waals surface area (Å²) in [5, 5.41) is 16.2. The number of ether oxygens (including phenoxy) is 2. The predicted molar refractivity (Wildman–Crippen MR) is 115 cm³/mol. The number of thiocarbonyl (C=S) groups is 1. The van der Waals surface area contributed by atoms with Crippen LogP contribution < -0.4 is 9.47 Å². The zero-order chi connectivity index (χ0) is 21.0. The molecule has 1 fully saturated rings. The maximum Gasteiger partial charge on any atom is 0.286 e. The summed E-state index contributed by atoms with van der Waals surface area (Å²) in [7, 11) is 3.07. The Morgan fingerprint density at radius 1 is 1.17 bits per heavy atom. The molecule has 3 rings (SSSR count). The number of para-hydroxylation sites is 1. The molecule has 1 aliphatic rings. The molecule has 148 valence electrons. The third-order valence-electron chi connectivity index (χ3n) is 3.92. The summed E-state index contributed by atoms with van der Waals surface area (Å²) in [6.45, 7) is 0. The van der Waals surface area contributed by atoms with E-state index < -0.39 is 10.8 Å². The van der Waals surface area contributed by atoms with Crippen molar-refractivity contribution in [1.82, 2.24) is 5.01 Å². The van der Waals surface area contributed by atoms with E-state index >= 15 is 0 Å². The molecule has 2 aromatic rings. The Morgan fingerprint density at radius 2 is 1.90 bits per heavy atom. The zero-order valence-corrected chi connectivity index (χ0v) is 17.0. The number of nitro groups is 1. The first kappa shape index (κ1) is 20.5. The summed E-state index contributed by atoms with van der Waals surface area (Å²) in [6, 6.07) is 11.4. The minimum Gasteiger partial charge on any atom is -0.493 e. The number of carbonyl (C=O) groups is 1. The van der Waals surface area contributed by atoms with Gasteiger partial charge in [-0.1, -0.05) is 30.0 Å². The van der Waals surface area contributed by atoms with Crippen LogP contribution in [-0.2, 0) is 4.79 Å². The van der Waals surface area contributed by atoms with E-state index in [4.69, 9.17) is 21.7 Å². The lowest BCUT2D eigenvalue weighted by atomic mass is 10.2. The fraction of sp³-hybridized carbons (Fsp3) is 0.105. The van der Waals surface area contributed by atoms with Gasteiger partial charge in [0.15, 0.2) is 15.8 Å². The van der Waals surface area contributed by atoms with E-state index in [2.05, 4.69) is 5.10 Å². The molecule has 1 heterocycles. The van der Waals surface area contributed by atoms with Gasteiger partial charge >= 0.3 is 0 Å². The normalized spacial score (nSPS) is 15.4. The van der Waals surface area contributed by atoms with Gasteiger partial charge in [0.25, 0.3) is 11.6 Å². The van der Waals surface area contributed by atoms with Crippen LogP contribution in [0.1, 0.15) is 11.1 Å². The van der Waals surface area contributed by atoms with E-state index in [0.29, 0.717) is 16.4 Å². The smallest absolute Gasteiger partial charge is 0.286 e. The summed E-state index contributed by atoms with van der Waals surface area (Å²) in [4.78, 5) is 23.7. The lowest BCUT2D eigenvalue weighted by Gasteiger charge is -2.08. The molecule has 0 aliphatic carbocycles. The molecular weight excluding hydrogens is 414 g/mol. The zero-order valence-electron chi connectivity index (χ0n) is 15.4. The average Bonchev–Trinajstić information content (AvgIpc) is 2.99. The quantitative estimate of drug-likeness (QED) is 0.226. The first-order valence-electron chi connectivity index (χ1n) is 8.22. The van der Waals surface area contributed by atoms with Gasteiger partial charge in [-0.05, 0) is 42.1 Å². The molecule has 2 aromatic carbocycles. The van der Waals surface area contributed by atoms with E-state index in [1.807, 2.05) is 0 Å². The lowest BCUT2D eigenvalue weighted by Crippen LogP contribution is -2.22. The van der Waals surface area contributed by atoms with E-state index in [9.17, 15) is 14.9 Å². The molecule has 0 aromatic heterocycles. The van der Waals surface area contributed by atoms with Crippen LogP contribution in [-0.4, -0.2) is 40.6 Å². The van der Waals surface area contributed by atoms with Crippen LogP contribution in [0.5, 0.6) is 11.5 Å². The number of nitrogens with zero attached hydrogens (tertiary/aromatic N) is 3. The maximum atomic E-state index is 12.7. The Bertz CT molecular complexity index is 1050. The molecule has 0 atom stereocenters. The van der Waals surface area contributed by atoms with Gasteiger partial charge in [-0.2, -0.15) is 10.1 Å². The maximum absolute atomic E-state index is 12.7. The summed E-state index contributed by atoms with van der Waals surface area (Å²) in [6.07, 6.45) is 2.92. The Hall–Kier alpha value is -3.24. The van der Waals surface area contributed by atoms with Crippen molar-refractivity contribution >= 4 is 52.2 Å². The van der Waals surface area contributed by atoms with Crippen LogP contribution in [0.4, 0.5) is 5.69 Å². The highest BCUT2D eigenvalue weighted by Gasteiger charge is 2.32. The number of amides is 1. The van der Waals surface area contributed by atoms with Gasteiger partial charge in [0.2, 0.25) is 0 Å². The topological polar surface area (TPSA) is 94.3 Å². The van der Waals surface area contributed by atoms with E-state index in [1.165, 1.54) is 26.5 Å². The van der Waals surface area contributed by atoms with Gasteiger partial charge < -0.3 is 9.47 Å². The highest BCUT2D eigenvalue weighted by atomic mass is 32.2. The number of hydrogen-bond acceptors (Lipinski definition) is 8. The number of carbonyl (C=O) groups excluding carboxylic acids is 1. The molecule has 0 radical (unpaired) electrons. The summed E-state index contributed by atoms with van der Waals surface area (Å²) >= 11 is 6.33. The molecule has 0 N–H and O–H groups in total. The molecule has 1 saturated heterocycles. The van der Waals surface area contributed by atoms with E-state index in [1.54, 1.807) is 42.5 Å². The van der Waals surface area contributed by atoms with Crippen molar-refractivity contribution in [3.63, 3.8) is 0 Å². The standard InChI is InChI=1S/C19H15N3O5S2/c1-26-15-8-7-12(9-16(15)27-2)10-17-18(23)21(19(28)29-17)20-11-13-5-3-4-6-14(13)22(24)25/h3-11H,1-2H3/b17-10+,20-11+. The Balaban J connectivity index is 1.85. The second-order valence-electron chi connectivity index (χ2n) is 5.67. The summed E-state index contributed by atoms with van der Waals surface area (Å²) in [5.41, 5.74) is 0.892. The van der Waals surface area contributed by atoms with Crippen LogP contribution >= 0.6 is 24.0 Å². The Kier molecular flexibility index (Phi) is 6.25. The highest BCUT2D eigenvalue weighted by molar-refractivity contribution is 8.26. The van der Waals surface area contributed by atoms with Crippen LogP contribution in [0.2, 0.25) is 0 Å². The molecule has 0 saturated carbocycles. The first-order chi connectivity index (χ1) is 13.9. The predicted octanol–water partition coefficient (Wildman–Crippen LogP) is 3.85. The van der Waals surface area contributed by atoms with Crippen LogP contribution in [0, 0.1) is 10.1 Å². The number of methoxy groups -OCH3 is 2. The first-order valence-corrected chi connectivity index (χ1v) is 9.44. The molecule has 0 spiro atoms. The third-order valence-corrected chi connectivity index (χ3v) is 5.21. The number of nitro benzene ring substituents is 1. The lowest BCUT2D eigenvalue weighted by molar-refractivity contribution is -0.385. The van der Waals surface area contributed by atoms with Gasteiger partial charge in [-0.15, -0.1) is 0 Å². The number of rotatable bonds is 6. The van der Waals surface area contributed by atoms with Gasteiger partial charge in [0.05, 0.1) is 35.8 Å². The van der Waals surface area contributed by atoms with E-state index in [0.717, 1.165) is 22.3 Å². The van der Waals surface area contributed by atoms with Crippen molar-refractivity contribution in [3.8, 4) is 11.5 Å². The minimum atomic E-state index is -0.511. The Labute approximate surface area is 175 Å². The van der Waals surface area contributed by atoms with E-state index in [-0.39, 0.29) is 15.6 Å². The second kappa shape index (κ2) is 8.84. The highest BCUT2D eigenvalue weighted by Crippen LogP contribution is 2.35. The van der Waals surface area contributed by atoms with Crippen molar-refractivity contribution in [2.75, 3.05) is 14.2 Å². The average molecular weight is 429 g/mol. The van der Waals surface area contributed by atoms with Gasteiger partial charge in [-0.25, -0.2) is 0 Å². The van der Waals surface area contributed by atoms with Gasteiger partial charge in [-0.3, -0.25) is 14.9 Å². The number of hydrazone groups is 1. The molecule has 1 aliphatic heterocycles. The Morgan fingerprint density at radius 3 is 2.59 bits per heavy atom. The molecule has 10 heteroatoms. The van der Waals surface area contributed by atoms with Crippen molar-refractivity contribution < 1.29 is 19.2 Å². The summed E-state index contributed by atoms with van der Waals surface area (Å²) < 4.78 is 10.7. The number of thioether (sulfide) groups is 1. The van der Waals surface area contributed by atoms with Gasteiger partial charge in [0.1, 0.15) is 0 Å². The van der Waals surface area contributed by atoms with Crippen molar-refractivity contribution in [2.45, 2.75) is 0 Å². The van der Waals surface area contributed by atoms with Crippen molar-refractivity contribution in [2.24, 2.45) is 5.10 Å². The SMILES string of the molecule is COc1ccc(/C=C2/SC(=S)N(/N=C/c3ccccc3[N+](=O)[O-])C2=O)cc1OC. The second-order valence-corrected chi connectivity index (χ2v) is 7.34. The molecule has 1 amide bonds. The molecule has 29 heavy (non-hydrogen) atoms. The summed E-state index contributed by atoms with van der Waals surface area (Å²) in [5.74, 6) is 0.696. The molecular formula is C19H15N3O5S2. The number of hydrogen-bond donors (Lipinski definition) is 0. The fourth-order valence-electron chi connectivity index (χ4n) is 2.54. The number of benzene rings is 2. The fourth-order valence-corrected chi connectivity index (χ4v) is 3.71. The van der Waals surface area contributed by atoms with Crippen LogP contribution in [0.3, 0.4) is 0 Å².